The quantitative estimate of drug-likeness (QED) is 0.650. The fourth-order valence-corrected chi connectivity index (χ4v) is 4.76. The lowest BCUT2D eigenvalue weighted by Crippen LogP contribution is -2.51. The predicted molar refractivity (Wildman–Crippen MR) is 118 cm³/mol. The Morgan fingerprint density at radius 3 is 2.52 bits per heavy atom. The highest BCUT2D eigenvalue weighted by Crippen LogP contribution is 2.25. The highest BCUT2D eigenvalue weighted by molar-refractivity contribution is 7.14. The van der Waals surface area contributed by atoms with Gasteiger partial charge in [0.15, 0.2) is 0 Å². The lowest BCUT2D eigenvalue weighted by atomic mass is 10.2. The second kappa shape index (κ2) is 8.94. The molecule has 2 aromatic heterocycles. The van der Waals surface area contributed by atoms with E-state index < -0.39 is 0 Å². The molecule has 2 amide bonds. The molecule has 150 valence electrons. The van der Waals surface area contributed by atoms with E-state index in [1.165, 1.54) is 11.3 Å². The number of hydrogen-bond donors (Lipinski definition) is 1. The molecular weight excluding hydrogens is 428 g/mol. The molecule has 0 aliphatic carbocycles. The minimum absolute atomic E-state index is 0.0227. The van der Waals surface area contributed by atoms with Gasteiger partial charge in [0.1, 0.15) is 10.7 Å². The second-order valence-electron chi connectivity index (χ2n) is 6.58. The molecule has 1 aliphatic heterocycles. The Bertz CT molecular complexity index is 980. The van der Waals surface area contributed by atoms with Gasteiger partial charge in [-0.3, -0.25) is 9.59 Å². The molecule has 9 heteroatoms. The van der Waals surface area contributed by atoms with E-state index in [-0.39, 0.29) is 18.4 Å². The number of amides is 2. The molecule has 3 heterocycles. The Morgan fingerprint density at radius 1 is 1.07 bits per heavy atom. The maximum Gasteiger partial charge on any atom is 0.271 e. The maximum atomic E-state index is 12.5. The van der Waals surface area contributed by atoms with Gasteiger partial charge < -0.3 is 15.1 Å². The smallest absolute Gasteiger partial charge is 0.271 e. The molecular formula is C20H19ClN4O2S2. The van der Waals surface area contributed by atoms with E-state index in [1.807, 2.05) is 41.1 Å². The van der Waals surface area contributed by atoms with Crippen LogP contribution < -0.4 is 10.2 Å². The molecule has 0 bridgehead atoms. The van der Waals surface area contributed by atoms with E-state index in [2.05, 4.69) is 15.2 Å². The number of nitrogens with one attached hydrogen (secondary N) is 1. The first kappa shape index (κ1) is 19.9. The summed E-state index contributed by atoms with van der Waals surface area (Å²) in [5, 5.41) is 9.90. The van der Waals surface area contributed by atoms with Gasteiger partial charge in [-0.25, -0.2) is 4.98 Å². The molecule has 1 saturated heterocycles. The average molecular weight is 447 g/mol. The number of carbonyl (C=O) groups excluding carboxylic acids is 2. The zero-order chi connectivity index (χ0) is 20.2. The number of thiophene rings is 1. The number of carbonyl (C=O) groups is 2. The van der Waals surface area contributed by atoms with Crippen molar-refractivity contribution in [2.45, 2.75) is 0 Å². The van der Waals surface area contributed by atoms with E-state index in [0.29, 0.717) is 23.8 Å². The lowest BCUT2D eigenvalue weighted by molar-refractivity contribution is -0.130. The van der Waals surface area contributed by atoms with Crippen molar-refractivity contribution in [3.8, 4) is 10.6 Å². The summed E-state index contributed by atoms with van der Waals surface area (Å²) in [6.07, 6.45) is 0. The van der Waals surface area contributed by atoms with E-state index >= 15 is 0 Å². The summed E-state index contributed by atoms with van der Waals surface area (Å²) in [7, 11) is 0. The second-order valence-corrected chi connectivity index (χ2v) is 8.65. The van der Waals surface area contributed by atoms with Crippen molar-refractivity contribution in [1.82, 2.24) is 15.2 Å². The number of benzene rings is 1. The molecule has 0 unspecified atom stereocenters. The topological polar surface area (TPSA) is 65.5 Å². The summed E-state index contributed by atoms with van der Waals surface area (Å²) >= 11 is 8.95. The molecule has 1 aromatic carbocycles. The van der Waals surface area contributed by atoms with Gasteiger partial charge in [-0.2, -0.15) is 11.3 Å². The van der Waals surface area contributed by atoms with Gasteiger partial charge in [-0.15, -0.1) is 11.3 Å². The summed E-state index contributed by atoms with van der Waals surface area (Å²) in [5.74, 6) is -0.404. The molecule has 1 N–H and O–H groups in total. The first-order valence-electron chi connectivity index (χ1n) is 9.15. The Morgan fingerprint density at radius 2 is 1.83 bits per heavy atom. The molecule has 1 aliphatic rings. The summed E-state index contributed by atoms with van der Waals surface area (Å²) < 4.78 is 0. The fraction of sp³-hybridized carbons (Fsp3) is 0.250. The number of piperazine rings is 1. The predicted octanol–water partition coefficient (Wildman–Crippen LogP) is 3.60. The van der Waals surface area contributed by atoms with Crippen LogP contribution in [0.2, 0.25) is 5.02 Å². The third kappa shape index (κ3) is 4.77. The van der Waals surface area contributed by atoms with Gasteiger partial charge in [-0.1, -0.05) is 11.6 Å². The normalized spacial score (nSPS) is 14.1. The van der Waals surface area contributed by atoms with E-state index in [0.717, 1.165) is 29.3 Å². The monoisotopic (exact) mass is 446 g/mol. The first-order chi connectivity index (χ1) is 14.1. The number of aromatic nitrogens is 1. The Balaban J connectivity index is 1.26. The highest BCUT2D eigenvalue weighted by Gasteiger charge is 2.22. The van der Waals surface area contributed by atoms with Crippen molar-refractivity contribution < 1.29 is 9.59 Å². The average Bonchev–Trinajstić information content (AvgIpc) is 3.44. The lowest BCUT2D eigenvalue weighted by Gasteiger charge is -2.36. The number of rotatable bonds is 5. The number of thiazole rings is 1. The fourth-order valence-electron chi connectivity index (χ4n) is 3.12. The van der Waals surface area contributed by atoms with Crippen LogP contribution in [0.25, 0.3) is 10.6 Å². The van der Waals surface area contributed by atoms with E-state index in [4.69, 9.17) is 11.6 Å². The van der Waals surface area contributed by atoms with Crippen molar-refractivity contribution in [3.63, 3.8) is 0 Å². The zero-order valence-electron chi connectivity index (χ0n) is 15.5. The molecule has 1 fully saturated rings. The Labute approximate surface area is 181 Å². The molecule has 0 atom stereocenters. The van der Waals surface area contributed by atoms with Crippen LogP contribution in [0.5, 0.6) is 0 Å². The van der Waals surface area contributed by atoms with Crippen molar-refractivity contribution >= 4 is 51.8 Å². The van der Waals surface area contributed by atoms with Crippen LogP contribution in [-0.2, 0) is 4.79 Å². The van der Waals surface area contributed by atoms with Crippen LogP contribution in [-0.4, -0.2) is 54.4 Å². The third-order valence-electron chi connectivity index (χ3n) is 4.73. The molecule has 6 nitrogen and oxygen atoms in total. The van der Waals surface area contributed by atoms with Crippen LogP contribution in [0.15, 0.2) is 46.5 Å². The van der Waals surface area contributed by atoms with E-state index in [1.54, 1.807) is 21.6 Å². The first-order valence-corrected chi connectivity index (χ1v) is 11.3. The van der Waals surface area contributed by atoms with Gasteiger partial charge in [0, 0.05) is 53.2 Å². The van der Waals surface area contributed by atoms with Crippen molar-refractivity contribution in [1.29, 1.82) is 0 Å². The maximum absolute atomic E-state index is 12.5. The van der Waals surface area contributed by atoms with Gasteiger partial charge >= 0.3 is 0 Å². The van der Waals surface area contributed by atoms with Gasteiger partial charge in [-0.05, 0) is 35.7 Å². The summed E-state index contributed by atoms with van der Waals surface area (Å²) in [6, 6.07) is 9.67. The molecule has 4 rings (SSSR count). The largest absolute Gasteiger partial charge is 0.368 e. The standard InChI is InChI=1S/C20H19ClN4O2S2/c21-15-1-3-16(4-2-15)24-6-8-25(9-7-24)18(26)11-22-19(27)17-13-29-20(23-17)14-5-10-28-12-14/h1-5,10,12-13H,6-9,11H2,(H,22,27). The SMILES string of the molecule is O=C(NCC(=O)N1CCN(c2ccc(Cl)cc2)CC1)c1csc(-c2ccsc2)n1. The number of anilines is 1. The molecule has 0 saturated carbocycles. The van der Waals surface area contributed by atoms with Gasteiger partial charge in [0.25, 0.3) is 5.91 Å². The Kier molecular flexibility index (Phi) is 6.13. The van der Waals surface area contributed by atoms with Crippen LogP contribution in [0.4, 0.5) is 5.69 Å². The minimum Gasteiger partial charge on any atom is -0.368 e. The van der Waals surface area contributed by atoms with Gasteiger partial charge in [0.05, 0.1) is 6.54 Å². The van der Waals surface area contributed by atoms with Crippen LogP contribution in [0.3, 0.4) is 0 Å². The Hall–Kier alpha value is -2.42. The van der Waals surface area contributed by atoms with E-state index in [9.17, 15) is 9.59 Å². The number of nitrogens with zero attached hydrogens (tertiary/aromatic N) is 3. The summed E-state index contributed by atoms with van der Waals surface area (Å²) in [6.45, 7) is 2.71. The summed E-state index contributed by atoms with van der Waals surface area (Å²) in [5.41, 5.74) is 2.45. The molecule has 3 aromatic rings. The molecule has 29 heavy (non-hydrogen) atoms. The van der Waals surface area contributed by atoms with Gasteiger partial charge in [0.2, 0.25) is 5.91 Å². The van der Waals surface area contributed by atoms with Crippen molar-refractivity contribution in [2.75, 3.05) is 37.6 Å². The highest BCUT2D eigenvalue weighted by atomic mass is 35.5. The summed E-state index contributed by atoms with van der Waals surface area (Å²) in [4.78, 5) is 33.2. The zero-order valence-corrected chi connectivity index (χ0v) is 17.9. The van der Waals surface area contributed by atoms with Crippen LogP contribution in [0.1, 0.15) is 10.5 Å². The number of hydrogen-bond acceptors (Lipinski definition) is 6. The van der Waals surface area contributed by atoms with Crippen LogP contribution >= 0.6 is 34.3 Å². The third-order valence-corrected chi connectivity index (χ3v) is 6.56. The van der Waals surface area contributed by atoms with Crippen molar-refractivity contribution in [2.24, 2.45) is 0 Å². The number of halogens is 1. The van der Waals surface area contributed by atoms with Crippen molar-refractivity contribution in [3.05, 3.63) is 57.2 Å². The minimum atomic E-state index is -0.323. The van der Waals surface area contributed by atoms with Crippen LogP contribution in [0, 0.1) is 0 Å². The molecule has 0 spiro atoms. The molecule has 0 radical (unpaired) electrons.